The number of aryl methyl sites for hydroxylation is 1. The van der Waals surface area contributed by atoms with Crippen molar-refractivity contribution in [3.05, 3.63) is 71.0 Å². The van der Waals surface area contributed by atoms with Crippen molar-refractivity contribution in [2.45, 2.75) is 20.0 Å². The van der Waals surface area contributed by atoms with E-state index < -0.39 is 0 Å². The van der Waals surface area contributed by atoms with Gasteiger partial charge in [0.05, 0.1) is 0 Å². The third-order valence-electron chi connectivity index (χ3n) is 4.47. The van der Waals surface area contributed by atoms with E-state index >= 15 is 0 Å². The number of rotatable bonds is 4. The Hall–Kier alpha value is -1.71. The van der Waals surface area contributed by atoms with E-state index in [1.807, 2.05) is 12.1 Å². The molecule has 0 unspecified atom stereocenters. The fraction of sp³-hybridized carbons (Fsp3) is 0.368. The first-order valence-electron chi connectivity index (χ1n) is 7.95. The highest BCUT2D eigenvalue weighted by Gasteiger charge is 2.18. The normalized spacial score (nSPS) is 16.8. The monoisotopic (exact) mass is 298 g/mol. The summed E-state index contributed by atoms with van der Waals surface area (Å²) in [6.07, 6.45) is 0. The van der Waals surface area contributed by atoms with Crippen LogP contribution in [0.3, 0.4) is 0 Å². The van der Waals surface area contributed by atoms with Gasteiger partial charge in [-0.2, -0.15) is 0 Å². The van der Waals surface area contributed by atoms with Gasteiger partial charge in [-0.3, -0.25) is 9.80 Å². The highest BCUT2D eigenvalue weighted by molar-refractivity contribution is 5.25. The lowest BCUT2D eigenvalue weighted by atomic mass is 10.1. The van der Waals surface area contributed by atoms with Crippen LogP contribution in [0.25, 0.3) is 0 Å². The molecule has 3 rings (SSSR count). The van der Waals surface area contributed by atoms with Crippen molar-refractivity contribution in [3.8, 4) is 0 Å². The van der Waals surface area contributed by atoms with E-state index in [2.05, 4.69) is 41.0 Å². The van der Waals surface area contributed by atoms with Crippen molar-refractivity contribution in [2.24, 2.45) is 0 Å². The molecule has 2 nitrogen and oxygen atoms in total. The SMILES string of the molecule is Cc1ccccc1CN1CCN(Cc2ccccc2F)CC1. The molecular weight excluding hydrogens is 275 g/mol. The van der Waals surface area contributed by atoms with E-state index in [0.29, 0.717) is 6.54 Å². The lowest BCUT2D eigenvalue weighted by molar-refractivity contribution is 0.121. The Morgan fingerprint density at radius 1 is 0.773 bits per heavy atom. The Kier molecular flexibility index (Phi) is 4.86. The zero-order chi connectivity index (χ0) is 15.4. The summed E-state index contributed by atoms with van der Waals surface area (Å²) in [5.41, 5.74) is 3.57. The van der Waals surface area contributed by atoms with Crippen LogP contribution in [-0.4, -0.2) is 36.0 Å². The molecule has 116 valence electrons. The highest BCUT2D eigenvalue weighted by Crippen LogP contribution is 2.15. The number of halogens is 1. The largest absolute Gasteiger partial charge is 0.297 e. The fourth-order valence-electron chi connectivity index (χ4n) is 3.00. The summed E-state index contributed by atoms with van der Waals surface area (Å²) in [6, 6.07) is 15.7. The van der Waals surface area contributed by atoms with Gasteiger partial charge in [-0.05, 0) is 24.1 Å². The van der Waals surface area contributed by atoms with E-state index in [0.717, 1.165) is 38.3 Å². The number of hydrogen-bond acceptors (Lipinski definition) is 2. The molecule has 0 amide bonds. The summed E-state index contributed by atoms with van der Waals surface area (Å²) in [5.74, 6) is -0.0927. The van der Waals surface area contributed by atoms with Crippen LogP contribution in [0, 0.1) is 12.7 Å². The smallest absolute Gasteiger partial charge is 0.127 e. The first-order valence-corrected chi connectivity index (χ1v) is 7.95. The Balaban J connectivity index is 1.52. The lowest BCUT2D eigenvalue weighted by Crippen LogP contribution is -2.45. The van der Waals surface area contributed by atoms with Gasteiger partial charge in [0, 0.05) is 44.8 Å². The molecule has 0 radical (unpaired) electrons. The molecule has 0 saturated carbocycles. The predicted octanol–water partition coefficient (Wildman–Crippen LogP) is 3.45. The number of nitrogens with zero attached hydrogens (tertiary/aromatic N) is 2. The molecule has 0 aliphatic carbocycles. The van der Waals surface area contributed by atoms with Crippen molar-refractivity contribution in [1.82, 2.24) is 9.80 Å². The third-order valence-corrected chi connectivity index (χ3v) is 4.47. The average Bonchev–Trinajstić information content (AvgIpc) is 2.54. The minimum atomic E-state index is -0.0927. The standard InChI is InChI=1S/C19H23FN2/c1-16-6-2-3-7-17(16)14-21-10-12-22(13-11-21)15-18-8-4-5-9-19(18)20/h2-9H,10-15H2,1H3. The Bertz CT molecular complexity index is 563. The minimum Gasteiger partial charge on any atom is -0.297 e. The van der Waals surface area contributed by atoms with Crippen molar-refractivity contribution in [1.29, 1.82) is 0 Å². The first-order chi connectivity index (χ1) is 10.7. The summed E-state index contributed by atoms with van der Waals surface area (Å²) in [7, 11) is 0. The Morgan fingerprint density at radius 3 is 1.86 bits per heavy atom. The van der Waals surface area contributed by atoms with E-state index in [1.54, 1.807) is 12.1 Å². The predicted molar refractivity (Wildman–Crippen MR) is 88.1 cm³/mol. The maximum Gasteiger partial charge on any atom is 0.127 e. The Labute approximate surface area is 132 Å². The molecule has 0 bridgehead atoms. The molecule has 1 saturated heterocycles. The van der Waals surface area contributed by atoms with Gasteiger partial charge in [-0.15, -0.1) is 0 Å². The van der Waals surface area contributed by atoms with Gasteiger partial charge in [0.1, 0.15) is 5.82 Å². The Morgan fingerprint density at radius 2 is 1.27 bits per heavy atom. The maximum atomic E-state index is 13.7. The molecule has 1 heterocycles. The average molecular weight is 298 g/mol. The van der Waals surface area contributed by atoms with Gasteiger partial charge >= 0.3 is 0 Å². The van der Waals surface area contributed by atoms with Crippen molar-refractivity contribution in [3.63, 3.8) is 0 Å². The summed E-state index contributed by atoms with van der Waals surface area (Å²) in [5, 5.41) is 0. The van der Waals surface area contributed by atoms with Crippen LogP contribution in [-0.2, 0) is 13.1 Å². The van der Waals surface area contributed by atoms with Crippen LogP contribution in [0.2, 0.25) is 0 Å². The van der Waals surface area contributed by atoms with E-state index in [1.165, 1.54) is 11.1 Å². The van der Waals surface area contributed by atoms with Crippen LogP contribution in [0.1, 0.15) is 16.7 Å². The molecule has 0 spiro atoms. The van der Waals surface area contributed by atoms with Crippen LogP contribution in [0.5, 0.6) is 0 Å². The topological polar surface area (TPSA) is 6.48 Å². The molecule has 2 aromatic rings. The van der Waals surface area contributed by atoms with Gasteiger partial charge in [0.2, 0.25) is 0 Å². The van der Waals surface area contributed by atoms with Crippen molar-refractivity contribution < 1.29 is 4.39 Å². The first kappa shape index (κ1) is 15.2. The number of piperazine rings is 1. The van der Waals surface area contributed by atoms with Crippen molar-refractivity contribution >= 4 is 0 Å². The molecule has 3 heteroatoms. The zero-order valence-electron chi connectivity index (χ0n) is 13.1. The summed E-state index contributed by atoms with van der Waals surface area (Å²) in [6.45, 7) is 7.99. The second kappa shape index (κ2) is 7.03. The van der Waals surface area contributed by atoms with Gasteiger partial charge < -0.3 is 0 Å². The van der Waals surface area contributed by atoms with Crippen LogP contribution >= 0.6 is 0 Å². The summed E-state index contributed by atoms with van der Waals surface area (Å²) < 4.78 is 13.7. The molecule has 1 aliphatic heterocycles. The van der Waals surface area contributed by atoms with Gasteiger partial charge in [0.15, 0.2) is 0 Å². The van der Waals surface area contributed by atoms with Gasteiger partial charge in [0.25, 0.3) is 0 Å². The second-order valence-corrected chi connectivity index (χ2v) is 6.07. The van der Waals surface area contributed by atoms with Crippen molar-refractivity contribution in [2.75, 3.05) is 26.2 Å². The van der Waals surface area contributed by atoms with Crippen LogP contribution in [0.4, 0.5) is 4.39 Å². The summed E-state index contributed by atoms with van der Waals surface area (Å²) in [4.78, 5) is 4.83. The van der Waals surface area contributed by atoms with Gasteiger partial charge in [-0.25, -0.2) is 4.39 Å². The zero-order valence-corrected chi connectivity index (χ0v) is 13.1. The quantitative estimate of drug-likeness (QED) is 0.853. The molecule has 0 aromatic heterocycles. The second-order valence-electron chi connectivity index (χ2n) is 6.07. The number of benzene rings is 2. The molecule has 1 aliphatic rings. The third kappa shape index (κ3) is 3.73. The fourth-order valence-corrected chi connectivity index (χ4v) is 3.00. The van der Waals surface area contributed by atoms with E-state index in [9.17, 15) is 4.39 Å². The molecule has 1 fully saturated rings. The molecule has 2 aromatic carbocycles. The van der Waals surface area contributed by atoms with Crippen LogP contribution in [0.15, 0.2) is 48.5 Å². The van der Waals surface area contributed by atoms with Crippen LogP contribution < -0.4 is 0 Å². The molecule has 22 heavy (non-hydrogen) atoms. The maximum absolute atomic E-state index is 13.7. The van der Waals surface area contributed by atoms with Gasteiger partial charge in [-0.1, -0.05) is 42.5 Å². The lowest BCUT2D eigenvalue weighted by Gasteiger charge is -2.35. The summed E-state index contributed by atoms with van der Waals surface area (Å²) >= 11 is 0. The highest BCUT2D eigenvalue weighted by atomic mass is 19.1. The molecule has 0 N–H and O–H groups in total. The molecule has 0 atom stereocenters. The number of hydrogen-bond donors (Lipinski definition) is 0. The minimum absolute atomic E-state index is 0.0927. The van der Waals surface area contributed by atoms with E-state index in [-0.39, 0.29) is 5.82 Å². The van der Waals surface area contributed by atoms with E-state index in [4.69, 9.17) is 0 Å². The molecular formula is C19H23FN2.